The normalized spacial score (nSPS) is 15.4. The minimum absolute atomic E-state index is 0.150. The molecule has 4 rings (SSSR count). The third-order valence-electron chi connectivity index (χ3n) is 5.37. The predicted molar refractivity (Wildman–Crippen MR) is 108 cm³/mol. The Bertz CT molecular complexity index is 1030. The second kappa shape index (κ2) is 8.53. The van der Waals surface area contributed by atoms with Crippen molar-refractivity contribution in [1.82, 2.24) is 19.9 Å². The summed E-state index contributed by atoms with van der Waals surface area (Å²) >= 11 is 0. The maximum absolute atomic E-state index is 14.1. The number of hydrogen-bond acceptors (Lipinski definition) is 5. The molecule has 29 heavy (non-hydrogen) atoms. The van der Waals surface area contributed by atoms with E-state index in [0.717, 1.165) is 37.2 Å². The van der Waals surface area contributed by atoms with Gasteiger partial charge in [-0.3, -0.25) is 14.7 Å². The van der Waals surface area contributed by atoms with Crippen molar-refractivity contribution in [2.24, 2.45) is 0 Å². The molecule has 3 aromatic rings. The van der Waals surface area contributed by atoms with Gasteiger partial charge in [-0.2, -0.15) is 0 Å². The molecule has 0 atom stereocenters. The highest BCUT2D eigenvalue weighted by atomic mass is 19.1. The molecule has 150 valence electrons. The zero-order valence-corrected chi connectivity index (χ0v) is 16.3. The van der Waals surface area contributed by atoms with Crippen LogP contribution in [-0.4, -0.2) is 40.1 Å². The third kappa shape index (κ3) is 4.51. The van der Waals surface area contributed by atoms with E-state index < -0.39 is 0 Å². The SMILES string of the molecule is COc1ccc(F)c(CN2CCC(c3cc(=O)[nH]c(-c4ccncc4)n3)CC2)c1. The number of methoxy groups -OCH3 is 1. The van der Waals surface area contributed by atoms with Crippen LogP contribution in [-0.2, 0) is 6.54 Å². The molecule has 0 amide bonds. The van der Waals surface area contributed by atoms with Crippen LogP contribution in [0, 0.1) is 5.82 Å². The Kier molecular flexibility index (Phi) is 5.67. The van der Waals surface area contributed by atoms with Crippen molar-refractivity contribution in [2.75, 3.05) is 20.2 Å². The van der Waals surface area contributed by atoms with Crippen molar-refractivity contribution < 1.29 is 9.13 Å². The Balaban J connectivity index is 1.45. The molecule has 0 aliphatic carbocycles. The summed E-state index contributed by atoms with van der Waals surface area (Å²) in [5.74, 6) is 1.22. The Morgan fingerprint density at radius 1 is 1.17 bits per heavy atom. The standard InChI is InChI=1S/C22H23FN4O2/c1-29-18-2-3-19(23)17(12-18)14-27-10-6-15(7-11-27)20-13-21(28)26-22(25-20)16-4-8-24-9-5-16/h2-5,8-9,12-13,15H,6-7,10-11,14H2,1H3,(H,25,26,28). The average molecular weight is 394 g/mol. The zero-order chi connectivity index (χ0) is 20.2. The highest BCUT2D eigenvalue weighted by Gasteiger charge is 2.23. The first-order valence-corrected chi connectivity index (χ1v) is 9.69. The molecular formula is C22H23FN4O2. The summed E-state index contributed by atoms with van der Waals surface area (Å²) in [4.78, 5) is 25.9. The van der Waals surface area contributed by atoms with Gasteiger partial charge in [-0.15, -0.1) is 0 Å². The molecular weight excluding hydrogens is 371 g/mol. The molecule has 6 nitrogen and oxygen atoms in total. The molecule has 0 radical (unpaired) electrons. The van der Waals surface area contributed by atoms with Gasteiger partial charge in [0.05, 0.1) is 12.8 Å². The summed E-state index contributed by atoms with van der Waals surface area (Å²) in [6.45, 7) is 2.18. The molecule has 1 aromatic carbocycles. The number of piperidine rings is 1. The van der Waals surface area contributed by atoms with E-state index in [-0.39, 0.29) is 17.3 Å². The first-order chi connectivity index (χ1) is 14.1. The van der Waals surface area contributed by atoms with E-state index in [9.17, 15) is 9.18 Å². The van der Waals surface area contributed by atoms with Gasteiger partial charge >= 0.3 is 0 Å². The van der Waals surface area contributed by atoms with Crippen LogP contribution in [0.4, 0.5) is 4.39 Å². The average Bonchev–Trinajstić information content (AvgIpc) is 2.76. The van der Waals surface area contributed by atoms with Gasteiger partial charge in [0.25, 0.3) is 5.56 Å². The minimum Gasteiger partial charge on any atom is -0.497 e. The molecule has 1 N–H and O–H groups in total. The quantitative estimate of drug-likeness (QED) is 0.719. The Labute approximate surface area is 168 Å². The molecule has 0 unspecified atom stereocenters. The van der Waals surface area contributed by atoms with Gasteiger partial charge in [0.15, 0.2) is 0 Å². The van der Waals surface area contributed by atoms with Crippen LogP contribution in [0.5, 0.6) is 5.75 Å². The monoisotopic (exact) mass is 394 g/mol. The zero-order valence-electron chi connectivity index (χ0n) is 16.3. The van der Waals surface area contributed by atoms with Crippen LogP contribution < -0.4 is 10.3 Å². The van der Waals surface area contributed by atoms with Gasteiger partial charge in [-0.05, 0) is 56.3 Å². The number of benzene rings is 1. The first kappa shape index (κ1) is 19.3. The minimum atomic E-state index is -0.217. The van der Waals surface area contributed by atoms with Gasteiger partial charge in [-0.25, -0.2) is 9.37 Å². The molecule has 1 aliphatic heterocycles. The van der Waals surface area contributed by atoms with E-state index in [1.807, 2.05) is 12.1 Å². The fraction of sp³-hybridized carbons (Fsp3) is 0.318. The van der Waals surface area contributed by atoms with Crippen LogP contribution in [0.2, 0.25) is 0 Å². The molecule has 7 heteroatoms. The van der Waals surface area contributed by atoms with Crippen molar-refractivity contribution in [3.05, 3.63) is 76.2 Å². The summed E-state index contributed by atoms with van der Waals surface area (Å²) in [6.07, 6.45) is 5.10. The van der Waals surface area contributed by atoms with E-state index in [4.69, 9.17) is 9.72 Å². The largest absolute Gasteiger partial charge is 0.497 e. The van der Waals surface area contributed by atoms with Gasteiger partial charge in [0.1, 0.15) is 17.4 Å². The number of aromatic amines is 1. The lowest BCUT2D eigenvalue weighted by Crippen LogP contribution is -2.33. The second-order valence-corrected chi connectivity index (χ2v) is 7.26. The summed E-state index contributed by atoms with van der Waals surface area (Å²) in [5, 5.41) is 0. The van der Waals surface area contributed by atoms with Crippen molar-refractivity contribution in [1.29, 1.82) is 0 Å². The topological polar surface area (TPSA) is 71.1 Å². The van der Waals surface area contributed by atoms with Crippen molar-refractivity contribution >= 4 is 0 Å². The number of halogens is 1. The third-order valence-corrected chi connectivity index (χ3v) is 5.37. The molecule has 0 saturated carbocycles. The van der Waals surface area contributed by atoms with Crippen LogP contribution in [0.1, 0.15) is 30.0 Å². The number of rotatable bonds is 5. The highest BCUT2D eigenvalue weighted by molar-refractivity contribution is 5.53. The van der Waals surface area contributed by atoms with E-state index in [1.54, 1.807) is 37.7 Å². The molecule has 1 saturated heterocycles. The van der Waals surface area contributed by atoms with Crippen LogP contribution in [0.15, 0.2) is 53.6 Å². The maximum Gasteiger partial charge on any atom is 0.251 e. The van der Waals surface area contributed by atoms with E-state index in [1.165, 1.54) is 6.07 Å². The molecule has 2 aromatic heterocycles. The number of H-pyrrole nitrogens is 1. The number of pyridine rings is 1. The van der Waals surface area contributed by atoms with Gasteiger partial charge in [0.2, 0.25) is 0 Å². The predicted octanol–water partition coefficient (Wildman–Crippen LogP) is 3.36. The van der Waals surface area contributed by atoms with E-state index in [0.29, 0.717) is 23.7 Å². The summed E-state index contributed by atoms with van der Waals surface area (Å²) in [7, 11) is 1.58. The van der Waals surface area contributed by atoms with Gasteiger partial charge in [0, 0.05) is 42.0 Å². The van der Waals surface area contributed by atoms with Crippen LogP contribution in [0.3, 0.4) is 0 Å². The molecule has 0 bridgehead atoms. The van der Waals surface area contributed by atoms with E-state index in [2.05, 4.69) is 14.9 Å². The molecule has 1 fully saturated rings. The molecule has 3 heterocycles. The van der Waals surface area contributed by atoms with Crippen LogP contribution in [0.25, 0.3) is 11.4 Å². The van der Waals surface area contributed by atoms with E-state index >= 15 is 0 Å². The first-order valence-electron chi connectivity index (χ1n) is 9.69. The number of likely N-dealkylation sites (tertiary alicyclic amines) is 1. The van der Waals surface area contributed by atoms with Crippen molar-refractivity contribution in [3.8, 4) is 17.1 Å². The summed E-state index contributed by atoms with van der Waals surface area (Å²) in [5.41, 5.74) is 2.14. The van der Waals surface area contributed by atoms with Crippen LogP contribution >= 0.6 is 0 Å². The number of nitrogens with zero attached hydrogens (tertiary/aromatic N) is 3. The summed E-state index contributed by atoms with van der Waals surface area (Å²) < 4.78 is 19.3. The lowest BCUT2D eigenvalue weighted by atomic mass is 9.93. The molecule has 1 aliphatic rings. The Morgan fingerprint density at radius 3 is 2.66 bits per heavy atom. The lowest BCUT2D eigenvalue weighted by Gasteiger charge is -2.31. The van der Waals surface area contributed by atoms with Crippen molar-refractivity contribution in [2.45, 2.75) is 25.3 Å². The molecule has 0 spiro atoms. The van der Waals surface area contributed by atoms with Gasteiger partial charge in [-0.1, -0.05) is 0 Å². The Morgan fingerprint density at radius 2 is 1.93 bits per heavy atom. The number of ether oxygens (including phenoxy) is 1. The summed E-state index contributed by atoms with van der Waals surface area (Å²) in [6, 6.07) is 10.1. The highest BCUT2D eigenvalue weighted by Crippen LogP contribution is 2.28. The van der Waals surface area contributed by atoms with Gasteiger partial charge < -0.3 is 9.72 Å². The second-order valence-electron chi connectivity index (χ2n) is 7.26. The number of aromatic nitrogens is 3. The number of nitrogens with one attached hydrogen (secondary N) is 1. The maximum atomic E-state index is 14.1. The lowest BCUT2D eigenvalue weighted by molar-refractivity contribution is 0.201. The van der Waals surface area contributed by atoms with Crippen molar-refractivity contribution in [3.63, 3.8) is 0 Å². The fourth-order valence-corrected chi connectivity index (χ4v) is 3.76. The fourth-order valence-electron chi connectivity index (χ4n) is 3.76. The number of hydrogen-bond donors (Lipinski definition) is 1. The smallest absolute Gasteiger partial charge is 0.251 e. The Hall–Kier alpha value is -3.06.